The summed E-state index contributed by atoms with van der Waals surface area (Å²) in [6.45, 7) is 1.43. The minimum atomic E-state index is -4.52. The van der Waals surface area contributed by atoms with Gasteiger partial charge in [-0.2, -0.15) is 13.2 Å². The summed E-state index contributed by atoms with van der Waals surface area (Å²) >= 11 is 0. The highest BCUT2D eigenvalue weighted by atomic mass is 19.4. The molecule has 0 spiro atoms. The number of hydrogen-bond donors (Lipinski definition) is 2. The number of carbonyl (C=O) groups excluding carboxylic acids is 3. The lowest BCUT2D eigenvalue weighted by Crippen LogP contribution is -2.45. The van der Waals surface area contributed by atoms with Crippen LogP contribution in [0.4, 0.5) is 18.9 Å². The smallest absolute Gasteiger partial charge is 0.342 e. The van der Waals surface area contributed by atoms with E-state index in [1.807, 2.05) is 12.1 Å². The molecule has 2 aromatic rings. The lowest BCUT2D eigenvalue weighted by atomic mass is 9.84. The number of benzene rings is 2. The molecule has 1 aliphatic heterocycles. The van der Waals surface area contributed by atoms with Gasteiger partial charge in [-0.25, -0.2) is 0 Å². The summed E-state index contributed by atoms with van der Waals surface area (Å²) in [6, 6.07) is 12.1. The maximum Gasteiger partial charge on any atom is 0.416 e. The van der Waals surface area contributed by atoms with E-state index in [0.29, 0.717) is 11.6 Å². The van der Waals surface area contributed by atoms with Crippen molar-refractivity contribution < 1.29 is 27.6 Å². The first kappa shape index (κ1) is 24.0. The third kappa shape index (κ3) is 5.00. The van der Waals surface area contributed by atoms with Gasteiger partial charge in [0.15, 0.2) is 11.7 Å². The van der Waals surface area contributed by atoms with Crippen molar-refractivity contribution in [1.82, 2.24) is 5.32 Å². The fourth-order valence-electron chi connectivity index (χ4n) is 4.97. The molecule has 2 amide bonds. The molecule has 4 rings (SSSR count). The summed E-state index contributed by atoms with van der Waals surface area (Å²) in [5, 5.41) is 5.16. The van der Waals surface area contributed by atoms with Crippen molar-refractivity contribution in [2.75, 3.05) is 5.32 Å². The topological polar surface area (TPSA) is 75.3 Å². The molecular formula is C26H27F3N2O3. The van der Waals surface area contributed by atoms with E-state index in [1.165, 1.54) is 43.9 Å². The van der Waals surface area contributed by atoms with Gasteiger partial charge in [-0.15, -0.1) is 0 Å². The standard InChI is InChI=1S/C26H27F3N2O3/c1-25(15-16-6-5-9-19(14-16)26(27,28)29)22(32)21(24(34)31-25)23(33)30-20-12-10-18(11-13-20)17-7-3-2-4-8-17/h5-6,9-14,17,21H,2-4,7-8,15H2,1H3,(H,30,33)(H,31,34). The zero-order valence-corrected chi connectivity index (χ0v) is 18.9. The lowest BCUT2D eigenvalue weighted by molar-refractivity contribution is -0.138. The second-order valence-corrected chi connectivity index (χ2v) is 9.44. The van der Waals surface area contributed by atoms with Gasteiger partial charge in [-0.1, -0.05) is 49.6 Å². The van der Waals surface area contributed by atoms with E-state index >= 15 is 0 Å². The van der Waals surface area contributed by atoms with E-state index in [4.69, 9.17) is 0 Å². The summed E-state index contributed by atoms with van der Waals surface area (Å²) in [5.74, 6) is -3.21. The maximum absolute atomic E-state index is 13.0. The summed E-state index contributed by atoms with van der Waals surface area (Å²) < 4.78 is 39.1. The third-order valence-electron chi connectivity index (χ3n) is 6.80. The van der Waals surface area contributed by atoms with Gasteiger partial charge in [0.05, 0.1) is 5.56 Å². The van der Waals surface area contributed by atoms with Crippen molar-refractivity contribution in [2.45, 2.75) is 63.1 Å². The van der Waals surface area contributed by atoms with Crippen molar-refractivity contribution >= 4 is 23.3 Å². The summed E-state index contributed by atoms with van der Waals surface area (Å²) in [5.41, 5.74) is -0.381. The van der Waals surface area contributed by atoms with E-state index in [0.717, 1.165) is 25.0 Å². The second-order valence-electron chi connectivity index (χ2n) is 9.44. The normalized spacial score (nSPS) is 23.6. The number of rotatable bonds is 5. The van der Waals surface area contributed by atoms with Gasteiger partial charge in [-0.05, 0) is 55.0 Å². The number of nitrogens with one attached hydrogen (secondary N) is 2. The molecule has 34 heavy (non-hydrogen) atoms. The van der Waals surface area contributed by atoms with Crippen LogP contribution in [0.25, 0.3) is 0 Å². The molecule has 2 aliphatic rings. The summed E-state index contributed by atoms with van der Waals surface area (Å²) in [6.07, 6.45) is 1.30. The molecule has 2 N–H and O–H groups in total. The van der Waals surface area contributed by atoms with Crippen LogP contribution < -0.4 is 10.6 Å². The van der Waals surface area contributed by atoms with Crippen LogP contribution in [0.1, 0.15) is 61.6 Å². The van der Waals surface area contributed by atoms with Gasteiger partial charge in [-0.3, -0.25) is 14.4 Å². The van der Waals surface area contributed by atoms with Gasteiger partial charge in [0.2, 0.25) is 11.8 Å². The molecule has 1 heterocycles. The number of alkyl halides is 3. The highest BCUT2D eigenvalue weighted by Crippen LogP contribution is 2.34. The molecule has 2 unspecified atom stereocenters. The SMILES string of the molecule is CC1(Cc2cccc(C(F)(F)F)c2)NC(=O)C(C(=O)Nc2ccc(C3CCCCC3)cc2)C1=O. The fourth-order valence-corrected chi connectivity index (χ4v) is 4.97. The van der Waals surface area contributed by atoms with E-state index in [1.54, 1.807) is 12.1 Å². The summed E-state index contributed by atoms with van der Waals surface area (Å²) in [4.78, 5) is 38.4. The van der Waals surface area contributed by atoms with Crippen molar-refractivity contribution in [3.63, 3.8) is 0 Å². The number of ketones is 1. The second kappa shape index (κ2) is 9.24. The van der Waals surface area contributed by atoms with Crippen LogP contribution in [0.5, 0.6) is 0 Å². The van der Waals surface area contributed by atoms with Crippen LogP contribution in [0.3, 0.4) is 0 Å². The Hall–Kier alpha value is -3.16. The Bertz CT molecular complexity index is 1090. The molecule has 8 heteroatoms. The third-order valence-corrected chi connectivity index (χ3v) is 6.80. The monoisotopic (exact) mass is 472 g/mol. The fraction of sp³-hybridized carbons (Fsp3) is 0.423. The number of halogens is 3. The molecule has 5 nitrogen and oxygen atoms in total. The largest absolute Gasteiger partial charge is 0.416 e. The van der Waals surface area contributed by atoms with Gasteiger partial charge in [0, 0.05) is 12.1 Å². The Morgan fingerprint density at radius 2 is 1.74 bits per heavy atom. The molecule has 1 saturated heterocycles. The highest BCUT2D eigenvalue weighted by Gasteiger charge is 2.52. The van der Waals surface area contributed by atoms with Gasteiger partial charge >= 0.3 is 6.18 Å². The van der Waals surface area contributed by atoms with Crippen molar-refractivity contribution in [1.29, 1.82) is 0 Å². The summed E-state index contributed by atoms with van der Waals surface area (Å²) in [7, 11) is 0. The number of anilines is 1. The Labute approximate surface area is 196 Å². The van der Waals surface area contributed by atoms with Crippen molar-refractivity contribution in [3.05, 3.63) is 65.2 Å². The average molecular weight is 473 g/mol. The van der Waals surface area contributed by atoms with Crippen molar-refractivity contribution in [2.24, 2.45) is 5.92 Å². The van der Waals surface area contributed by atoms with Gasteiger partial charge in [0.25, 0.3) is 0 Å². The first-order valence-electron chi connectivity index (χ1n) is 11.5. The number of carbonyl (C=O) groups is 3. The van der Waals surface area contributed by atoms with E-state index in [9.17, 15) is 27.6 Å². The molecule has 1 saturated carbocycles. The van der Waals surface area contributed by atoms with Crippen LogP contribution >= 0.6 is 0 Å². The van der Waals surface area contributed by atoms with Crippen LogP contribution in [-0.2, 0) is 27.0 Å². The lowest BCUT2D eigenvalue weighted by Gasteiger charge is -2.23. The van der Waals surface area contributed by atoms with Crippen LogP contribution in [0, 0.1) is 5.92 Å². The Balaban J connectivity index is 1.44. The van der Waals surface area contributed by atoms with Crippen LogP contribution in [-0.4, -0.2) is 23.1 Å². The predicted molar refractivity (Wildman–Crippen MR) is 121 cm³/mol. The molecule has 0 aromatic heterocycles. The zero-order valence-electron chi connectivity index (χ0n) is 18.9. The molecule has 180 valence electrons. The Kier molecular flexibility index (Phi) is 6.51. The number of Topliss-reactive ketones (excluding diaryl/α,β-unsaturated/α-hetero) is 1. The molecular weight excluding hydrogens is 445 g/mol. The molecule has 1 aliphatic carbocycles. The molecule has 0 bridgehead atoms. The zero-order chi connectivity index (χ0) is 24.5. The minimum Gasteiger partial charge on any atom is -0.342 e. The molecule has 2 atom stereocenters. The van der Waals surface area contributed by atoms with Gasteiger partial charge in [0.1, 0.15) is 5.54 Å². The Morgan fingerprint density at radius 3 is 2.38 bits per heavy atom. The molecule has 0 radical (unpaired) electrons. The van der Waals surface area contributed by atoms with Crippen molar-refractivity contribution in [3.8, 4) is 0 Å². The first-order chi connectivity index (χ1) is 16.1. The van der Waals surface area contributed by atoms with Gasteiger partial charge < -0.3 is 10.6 Å². The molecule has 2 aromatic carbocycles. The average Bonchev–Trinajstić information content (AvgIpc) is 3.02. The van der Waals surface area contributed by atoms with E-state index < -0.39 is 40.8 Å². The first-order valence-corrected chi connectivity index (χ1v) is 11.5. The predicted octanol–water partition coefficient (Wildman–Crippen LogP) is 5.01. The Morgan fingerprint density at radius 1 is 1.06 bits per heavy atom. The van der Waals surface area contributed by atoms with Crippen LogP contribution in [0.2, 0.25) is 0 Å². The number of hydrogen-bond acceptors (Lipinski definition) is 3. The van der Waals surface area contributed by atoms with Crippen LogP contribution in [0.15, 0.2) is 48.5 Å². The minimum absolute atomic E-state index is 0.151. The highest BCUT2D eigenvalue weighted by molar-refractivity contribution is 6.27. The maximum atomic E-state index is 13.0. The van der Waals surface area contributed by atoms with E-state index in [2.05, 4.69) is 10.6 Å². The molecule has 2 fully saturated rings. The number of amides is 2. The quantitative estimate of drug-likeness (QED) is 0.601. The van der Waals surface area contributed by atoms with E-state index in [-0.39, 0.29) is 12.0 Å².